The number of thiophene rings is 1. The number of amides is 3. The molecule has 0 bridgehead atoms. The van der Waals surface area contributed by atoms with Crippen LogP contribution < -0.4 is 10.9 Å². The molecule has 0 spiro atoms. The summed E-state index contributed by atoms with van der Waals surface area (Å²) in [5, 5.41) is 0. The van der Waals surface area contributed by atoms with Gasteiger partial charge in [0.05, 0.1) is 8.66 Å². The van der Waals surface area contributed by atoms with E-state index in [1.807, 2.05) is 20.8 Å². The average Bonchev–Trinajstić information content (AvgIpc) is 2.98. The van der Waals surface area contributed by atoms with E-state index in [9.17, 15) is 14.4 Å². The zero-order chi connectivity index (χ0) is 19.3. The Hall–Kier alpha value is -1.61. The van der Waals surface area contributed by atoms with Gasteiger partial charge >= 0.3 is 6.09 Å². The van der Waals surface area contributed by atoms with Crippen molar-refractivity contribution >= 4 is 45.2 Å². The van der Waals surface area contributed by atoms with Crippen molar-refractivity contribution in [2.24, 2.45) is 5.92 Å². The summed E-state index contributed by atoms with van der Waals surface area (Å²) in [6, 6.07) is 3.46. The van der Waals surface area contributed by atoms with Gasteiger partial charge < -0.3 is 9.64 Å². The molecule has 0 aliphatic carbocycles. The molecule has 1 aromatic heterocycles. The number of nitrogens with zero attached hydrogens (tertiary/aromatic N) is 1. The van der Waals surface area contributed by atoms with Crippen LogP contribution in [0.1, 0.15) is 49.7 Å². The van der Waals surface area contributed by atoms with Gasteiger partial charge in [0.15, 0.2) is 0 Å². The van der Waals surface area contributed by atoms with E-state index in [1.54, 1.807) is 17.0 Å². The van der Waals surface area contributed by atoms with Crippen molar-refractivity contribution in [2.75, 3.05) is 13.1 Å². The number of hydrogen-bond acceptors (Lipinski definition) is 5. The van der Waals surface area contributed by atoms with Gasteiger partial charge in [0, 0.05) is 19.5 Å². The van der Waals surface area contributed by atoms with Crippen LogP contribution in [0.3, 0.4) is 0 Å². The maximum absolute atomic E-state index is 12.0. The molecule has 0 atom stereocenters. The Labute approximate surface area is 165 Å². The average molecular weight is 446 g/mol. The second kappa shape index (κ2) is 8.85. The van der Waals surface area contributed by atoms with Crippen LogP contribution in [0, 0.1) is 5.92 Å². The standard InChI is InChI=1S/C17H24BrN3O4S/c1-17(2,3)25-16(24)21-8-6-11(7-9-21)10-14(22)19-20-15(23)12-4-5-13(18)26-12/h4-5,11H,6-10H2,1-3H3,(H,19,22)(H,20,23). The van der Waals surface area contributed by atoms with Gasteiger partial charge in [-0.1, -0.05) is 0 Å². The first-order valence-corrected chi connectivity index (χ1v) is 10.1. The number of piperidine rings is 1. The third kappa shape index (κ3) is 6.60. The lowest BCUT2D eigenvalue weighted by molar-refractivity contribution is -0.123. The Kier molecular flexibility index (Phi) is 7.05. The monoisotopic (exact) mass is 445 g/mol. The summed E-state index contributed by atoms with van der Waals surface area (Å²) in [5.41, 5.74) is 4.36. The number of rotatable bonds is 3. The van der Waals surface area contributed by atoms with Gasteiger partial charge in [-0.05, 0) is 67.6 Å². The molecule has 2 heterocycles. The predicted molar refractivity (Wildman–Crippen MR) is 103 cm³/mol. The topological polar surface area (TPSA) is 87.7 Å². The molecule has 26 heavy (non-hydrogen) atoms. The molecule has 1 aliphatic rings. The van der Waals surface area contributed by atoms with E-state index in [-0.39, 0.29) is 23.8 Å². The fourth-order valence-electron chi connectivity index (χ4n) is 2.58. The first-order valence-electron chi connectivity index (χ1n) is 8.46. The van der Waals surface area contributed by atoms with Gasteiger partial charge in [0.2, 0.25) is 5.91 Å². The smallest absolute Gasteiger partial charge is 0.410 e. The molecule has 1 aliphatic heterocycles. The first kappa shape index (κ1) is 20.7. The number of ether oxygens (including phenoxy) is 1. The number of halogens is 1. The molecule has 0 unspecified atom stereocenters. The highest BCUT2D eigenvalue weighted by molar-refractivity contribution is 9.11. The van der Waals surface area contributed by atoms with Crippen molar-refractivity contribution in [3.8, 4) is 0 Å². The predicted octanol–water partition coefficient (Wildman–Crippen LogP) is 3.31. The number of nitrogens with one attached hydrogen (secondary N) is 2. The highest BCUT2D eigenvalue weighted by Crippen LogP contribution is 2.23. The highest BCUT2D eigenvalue weighted by atomic mass is 79.9. The molecule has 1 fully saturated rings. The summed E-state index contributed by atoms with van der Waals surface area (Å²) < 4.78 is 6.21. The summed E-state index contributed by atoms with van der Waals surface area (Å²) in [5.74, 6) is -0.389. The molecule has 2 N–H and O–H groups in total. The Morgan fingerprint density at radius 2 is 1.88 bits per heavy atom. The fourth-order valence-corrected chi connectivity index (χ4v) is 3.87. The van der Waals surface area contributed by atoms with Gasteiger partial charge in [-0.3, -0.25) is 20.4 Å². The van der Waals surface area contributed by atoms with E-state index in [0.717, 1.165) is 16.6 Å². The lowest BCUT2D eigenvalue weighted by atomic mass is 9.93. The van der Waals surface area contributed by atoms with E-state index in [1.165, 1.54) is 11.3 Å². The van der Waals surface area contributed by atoms with Crippen molar-refractivity contribution in [2.45, 2.75) is 45.6 Å². The van der Waals surface area contributed by atoms with E-state index < -0.39 is 5.60 Å². The van der Waals surface area contributed by atoms with Crippen LogP contribution in [-0.2, 0) is 9.53 Å². The maximum Gasteiger partial charge on any atom is 0.410 e. The lowest BCUT2D eigenvalue weighted by Crippen LogP contribution is -2.44. The van der Waals surface area contributed by atoms with Crippen LogP contribution in [0.2, 0.25) is 0 Å². The first-order chi connectivity index (χ1) is 12.1. The van der Waals surface area contributed by atoms with E-state index in [2.05, 4.69) is 26.8 Å². The molecule has 1 aromatic rings. The van der Waals surface area contributed by atoms with Gasteiger partial charge in [0.25, 0.3) is 5.91 Å². The quantitative estimate of drug-likeness (QED) is 0.698. The highest BCUT2D eigenvalue weighted by Gasteiger charge is 2.27. The SMILES string of the molecule is CC(C)(C)OC(=O)N1CCC(CC(=O)NNC(=O)c2ccc(Br)s2)CC1. The van der Waals surface area contributed by atoms with Crippen LogP contribution >= 0.6 is 27.3 Å². The van der Waals surface area contributed by atoms with E-state index >= 15 is 0 Å². The van der Waals surface area contributed by atoms with Gasteiger partial charge in [-0.15, -0.1) is 11.3 Å². The second-order valence-electron chi connectivity index (χ2n) is 7.22. The van der Waals surface area contributed by atoms with E-state index in [0.29, 0.717) is 24.4 Å². The Bertz CT molecular complexity index is 663. The maximum atomic E-state index is 12.0. The summed E-state index contributed by atoms with van der Waals surface area (Å²) >= 11 is 4.59. The molecule has 0 saturated carbocycles. The van der Waals surface area contributed by atoms with Crippen molar-refractivity contribution in [3.05, 3.63) is 20.8 Å². The Balaban J connectivity index is 1.69. The summed E-state index contributed by atoms with van der Waals surface area (Å²) in [7, 11) is 0. The molecule has 3 amide bonds. The molecule has 9 heteroatoms. The molecule has 144 valence electrons. The Morgan fingerprint density at radius 3 is 2.42 bits per heavy atom. The molecule has 1 saturated heterocycles. The number of hydrogen-bond donors (Lipinski definition) is 2. The van der Waals surface area contributed by atoms with Crippen LogP contribution in [-0.4, -0.2) is 41.5 Å². The third-order valence-electron chi connectivity index (χ3n) is 3.85. The largest absolute Gasteiger partial charge is 0.444 e. The minimum Gasteiger partial charge on any atom is -0.444 e. The molecule has 0 aromatic carbocycles. The second-order valence-corrected chi connectivity index (χ2v) is 9.68. The van der Waals surface area contributed by atoms with Crippen LogP contribution in [0.4, 0.5) is 4.79 Å². The van der Waals surface area contributed by atoms with E-state index in [4.69, 9.17) is 4.74 Å². The van der Waals surface area contributed by atoms with Crippen molar-refractivity contribution in [1.82, 2.24) is 15.8 Å². The molecule has 2 rings (SSSR count). The van der Waals surface area contributed by atoms with Gasteiger partial charge in [0.1, 0.15) is 5.60 Å². The minimum atomic E-state index is -0.510. The van der Waals surface area contributed by atoms with Gasteiger partial charge in [-0.25, -0.2) is 4.79 Å². The zero-order valence-electron chi connectivity index (χ0n) is 15.1. The van der Waals surface area contributed by atoms with Crippen molar-refractivity contribution in [3.63, 3.8) is 0 Å². The normalized spacial score (nSPS) is 15.5. The number of carbonyl (C=O) groups is 3. The summed E-state index contributed by atoms with van der Waals surface area (Å²) in [6.07, 6.45) is 1.47. The number of likely N-dealkylation sites (tertiary alicyclic amines) is 1. The van der Waals surface area contributed by atoms with Crippen molar-refractivity contribution in [1.29, 1.82) is 0 Å². The number of hydrazine groups is 1. The van der Waals surface area contributed by atoms with Crippen LogP contribution in [0.25, 0.3) is 0 Å². The minimum absolute atomic E-state index is 0.182. The Morgan fingerprint density at radius 1 is 1.23 bits per heavy atom. The van der Waals surface area contributed by atoms with Crippen molar-refractivity contribution < 1.29 is 19.1 Å². The molecule has 0 radical (unpaired) electrons. The lowest BCUT2D eigenvalue weighted by Gasteiger charge is -2.33. The fraction of sp³-hybridized carbons (Fsp3) is 0.588. The molecular formula is C17H24BrN3O4S. The van der Waals surface area contributed by atoms with Gasteiger partial charge in [-0.2, -0.15) is 0 Å². The zero-order valence-corrected chi connectivity index (χ0v) is 17.5. The number of carbonyl (C=O) groups excluding carboxylic acids is 3. The summed E-state index contributed by atoms with van der Waals surface area (Å²) in [4.78, 5) is 38.1. The third-order valence-corrected chi connectivity index (χ3v) is 5.48. The van der Waals surface area contributed by atoms with Crippen LogP contribution in [0.15, 0.2) is 15.9 Å². The molecular weight excluding hydrogens is 422 g/mol. The molecule has 7 nitrogen and oxygen atoms in total. The van der Waals surface area contributed by atoms with Crippen LogP contribution in [0.5, 0.6) is 0 Å². The summed E-state index contributed by atoms with van der Waals surface area (Å²) in [6.45, 7) is 6.66.